The molecular weight excluding hydrogens is 464 g/mol. The van der Waals surface area contributed by atoms with Gasteiger partial charge in [0, 0.05) is 5.02 Å². The number of aryl methyl sites for hydroxylation is 2. The molecule has 1 aliphatic heterocycles. The number of hydrogen-bond acceptors (Lipinski definition) is 7. The summed E-state index contributed by atoms with van der Waals surface area (Å²) in [5, 5.41) is 1.11. The number of anilines is 1. The maximum absolute atomic E-state index is 13.6. The Morgan fingerprint density at radius 3 is 2.70 bits per heavy atom. The number of ether oxygens (including phenoxy) is 1. The van der Waals surface area contributed by atoms with Gasteiger partial charge in [0.25, 0.3) is 5.91 Å². The lowest BCUT2D eigenvalue weighted by Gasteiger charge is -2.22. The summed E-state index contributed by atoms with van der Waals surface area (Å²) < 4.78 is 10.8. The molecule has 0 saturated heterocycles. The van der Waals surface area contributed by atoms with Crippen molar-refractivity contribution in [3.63, 3.8) is 0 Å². The molecule has 0 bridgehead atoms. The highest BCUT2D eigenvalue weighted by Crippen LogP contribution is 2.43. The van der Waals surface area contributed by atoms with Crippen molar-refractivity contribution in [2.24, 2.45) is 0 Å². The number of esters is 1. The first kappa shape index (κ1) is 21.4. The molecule has 9 heteroatoms. The molecule has 1 aliphatic rings. The van der Waals surface area contributed by atoms with Crippen LogP contribution in [0.15, 0.2) is 51.7 Å². The molecule has 0 radical (unpaired) electrons. The Kier molecular flexibility index (Phi) is 5.07. The zero-order valence-electron chi connectivity index (χ0n) is 17.8. The summed E-state index contributed by atoms with van der Waals surface area (Å²) in [7, 11) is 1.28. The first-order chi connectivity index (χ1) is 15.8. The zero-order chi connectivity index (χ0) is 23.4. The van der Waals surface area contributed by atoms with Gasteiger partial charge >= 0.3 is 5.97 Å². The number of rotatable bonds is 3. The number of halogens is 1. The highest BCUT2D eigenvalue weighted by Gasteiger charge is 2.45. The van der Waals surface area contributed by atoms with Gasteiger partial charge in [-0.25, -0.2) is 9.78 Å². The van der Waals surface area contributed by atoms with E-state index in [0.717, 1.165) is 16.9 Å². The molecule has 2 aromatic heterocycles. The number of aromatic nitrogens is 1. The van der Waals surface area contributed by atoms with E-state index in [-0.39, 0.29) is 26.8 Å². The monoisotopic (exact) mass is 480 g/mol. The minimum Gasteiger partial charge on any atom is -0.465 e. The van der Waals surface area contributed by atoms with Gasteiger partial charge < -0.3 is 9.15 Å². The van der Waals surface area contributed by atoms with E-state index in [1.807, 2.05) is 13.0 Å². The topological polar surface area (TPSA) is 89.7 Å². The smallest absolute Gasteiger partial charge is 0.350 e. The van der Waals surface area contributed by atoms with Gasteiger partial charge in [0.15, 0.2) is 10.6 Å². The summed E-state index contributed by atoms with van der Waals surface area (Å²) in [5.41, 5.74) is 2.20. The summed E-state index contributed by atoms with van der Waals surface area (Å²) in [5.74, 6) is -1.11. The van der Waals surface area contributed by atoms with Crippen molar-refractivity contribution in [3.8, 4) is 0 Å². The lowest BCUT2D eigenvalue weighted by Crippen LogP contribution is -2.29. The SMILES string of the molecule is COC(=O)c1sc(N2C(=O)c3oc4ccc(C)cc4c(=O)c3C2c2cccc(Cl)c2)nc1C. The quantitative estimate of drug-likeness (QED) is 0.381. The van der Waals surface area contributed by atoms with E-state index in [0.29, 0.717) is 27.2 Å². The van der Waals surface area contributed by atoms with E-state index in [1.165, 1.54) is 12.0 Å². The van der Waals surface area contributed by atoms with Crippen molar-refractivity contribution in [1.82, 2.24) is 4.98 Å². The van der Waals surface area contributed by atoms with Crippen LogP contribution in [0.25, 0.3) is 11.0 Å². The van der Waals surface area contributed by atoms with Crippen LogP contribution in [0.4, 0.5) is 5.13 Å². The Hall–Kier alpha value is -3.49. The molecule has 1 amide bonds. The van der Waals surface area contributed by atoms with Crippen LogP contribution in [0, 0.1) is 13.8 Å². The number of carbonyl (C=O) groups is 2. The molecule has 1 atom stereocenters. The Bertz CT molecular complexity index is 1520. The van der Waals surface area contributed by atoms with Gasteiger partial charge in [-0.2, -0.15) is 0 Å². The van der Waals surface area contributed by atoms with Crippen molar-refractivity contribution in [3.05, 3.63) is 90.7 Å². The predicted molar refractivity (Wildman–Crippen MR) is 126 cm³/mol. The Balaban J connectivity index is 1.80. The third-order valence-electron chi connectivity index (χ3n) is 5.55. The maximum Gasteiger partial charge on any atom is 0.350 e. The van der Waals surface area contributed by atoms with Crippen LogP contribution in [0.2, 0.25) is 5.02 Å². The van der Waals surface area contributed by atoms with Crippen LogP contribution in [0.3, 0.4) is 0 Å². The molecule has 0 aliphatic carbocycles. The lowest BCUT2D eigenvalue weighted by atomic mass is 9.98. The van der Waals surface area contributed by atoms with E-state index in [2.05, 4.69) is 4.98 Å². The normalized spacial score (nSPS) is 15.2. The first-order valence-corrected chi connectivity index (χ1v) is 11.2. The second-order valence-electron chi connectivity index (χ2n) is 7.71. The van der Waals surface area contributed by atoms with Gasteiger partial charge in [-0.3, -0.25) is 14.5 Å². The van der Waals surface area contributed by atoms with Gasteiger partial charge in [-0.05, 0) is 43.7 Å². The van der Waals surface area contributed by atoms with Crippen molar-refractivity contribution >= 4 is 50.9 Å². The molecule has 0 N–H and O–H groups in total. The fourth-order valence-electron chi connectivity index (χ4n) is 4.04. The average molecular weight is 481 g/mol. The van der Waals surface area contributed by atoms with E-state index >= 15 is 0 Å². The third kappa shape index (κ3) is 3.34. The van der Waals surface area contributed by atoms with Gasteiger partial charge in [-0.1, -0.05) is 46.7 Å². The molecule has 33 heavy (non-hydrogen) atoms. The van der Waals surface area contributed by atoms with Gasteiger partial charge in [-0.15, -0.1) is 0 Å². The van der Waals surface area contributed by atoms with Crippen LogP contribution < -0.4 is 10.3 Å². The summed E-state index contributed by atoms with van der Waals surface area (Å²) in [6.45, 7) is 3.54. The van der Waals surface area contributed by atoms with Crippen molar-refractivity contribution in [1.29, 1.82) is 0 Å². The van der Waals surface area contributed by atoms with Crippen LogP contribution in [0.1, 0.15) is 48.7 Å². The Morgan fingerprint density at radius 2 is 1.97 bits per heavy atom. The average Bonchev–Trinajstić information content (AvgIpc) is 3.31. The molecule has 5 rings (SSSR count). The number of carbonyl (C=O) groups excluding carboxylic acids is 2. The molecule has 0 spiro atoms. The summed E-state index contributed by atoms with van der Waals surface area (Å²) >= 11 is 7.27. The fraction of sp³-hybridized carbons (Fsp3) is 0.167. The maximum atomic E-state index is 13.6. The van der Waals surface area contributed by atoms with Gasteiger partial charge in [0.2, 0.25) is 5.76 Å². The number of nitrogens with zero attached hydrogens (tertiary/aromatic N) is 2. The molecule has 2 aromatic carbocycles. The predicted octanol–water partition coefficient (Wildman–Crippen LogP) is 5.06. The van der Waals surface area contributed by atoms with E-state index < -0.39 is 17.9 Å². The standard InChI is InChI=1S/C24H17ClN2O5S/c1-11-7-8-16-15(9-11)19(28)17-18(13-5-4-6-14(25)10-13)27(22(29)20(17)32-16)24-26-12(2)21(33-24)23(30)31-3/h4-10,18H,1-3H3. The van der Waals surface area contributed by atoms with Crippen molar-refractivity contribution in [2.45, 2.75) is 19.9 Å². The molecule has 3 heterocycles. The lowest BCUT2D eigenvalue weighted by molar-refractivity contribution is 0.0605. The highest BCUT2D eigenvalue weighted by atomic mass is 35.5. The molecule has 0 fully saturated rings. The molecule has 0 saturated carbocycles. The van der Waals surface area contributed by atoms with Gasteiger partial charge in [0.1, 0.15) is 10.5 Å². The van der Waals surface area contributed by atoms with Gasteiger partial charge in [0.05, 0.1) is 29.8 Å². The first-order valence-electron chi connectivity index (χ1n) is 10.0. The van der Waals surface area contributed by atoms with E-state index in [1.54, 1.807) is 43.3 Å². The van der Waals surface area contributed by atoms with Crippen LogP contribution in [-0.2, 0) is 4.74 Å². The number of methoxy groups -OCH3 is 1. The minimum absolute atomic E-state index is 0.0474. The largest absolute Gasteiger partial charge is 0.465 e. The summed E-state index contributed by atoms with van der Waals surface area (Å²) in [4.78, 5) is 45.5. The van der Waals surface area contributed by atoms with E-state index in [4.69, 9.17) is 20.8 Å². The molecule has 166 valence electrons. The minimum atomic E-state index is -0.816. The van der Waals surface area contributed by atoms with Crippen LogP contribution in [0.5, 0.6) is 0 Å². The number of fused-ring (bicyclic) bond motifs is 2. The zero-order valence-corrected chi connectivity index (χ0v) is 19.4. The van der Waals surface area contributed by atoms with Crippen LogP contribution >= 0.6 is 22.9 Å². The van der Waals surface area contributed by atoms with Crippen molar-refractivity contribution in [2.75, 3.05) is 12.0 Å². The number of benzene rings is 2. The number of amides is 1. The molecule has 1 unspecified atom stereocenters. The second kappa shape index (κ2) is 7.83. The van der Waals surface area contributed by atoms with Crippen LogP contribution in [-0.4, -0.2) is 24.0 Å². The third-order valence-corrected chi connectivity index (χ3v) is 6.92. The number of hydrogen-bond donors (Lipinski definition) is 0. The van der Waals surface area contributed by atoms with E-state index in [9.17, 15) is 14.4 Å². The summed E-state index contributed by atoms with van der Waals surface area (Å²) in [6.07, 6.45) is 0. The number of thiazole rings is 1. The Labute approximate surface area is 197 Å². The second-order valence-corrected chi connectivity index (χ2v) is 9.12. The highest BCUT2D eigenvalue weighted by molar-refractivity contribution is 7.17. The molecule has 4 aromatic rings. The summed E-state index contributed by atoms with van der Waals surface area (Å²) in [6, 6.07) is 11.4. The molecular formula is C24H17ClN2O5S. The Morgan fingerprint density at radius 1 is 1.18 bits per heavy atom. The fourth-order valence-corrected chi connectivity index (χ4v) is 5.25. The molecule has 7 nitrogen and oxygen atoms in total. The van der Waals surface area contributed by atoms with Crippen molar-refractivity contribution < 1.29 is 18.7 Å².